The third-order valence-electron chi connectivity index (χ3n) is 2.80. The average molecular weight is 370 g/mol. The summed E-state index contributed by atoms with van der Waals surface area (Å²) >= 11 is 0. The molecule has 108 valence electrons. The zero-order valence-corrected chi connectivity index (χ0v) is 15.0. The number of benzene rings is 2. The molecule has 0 unspecified atom stereocenters. The molecule has 22 heavy (non-hydrogen) atoms. The molecule has 0 aromatic heterocycles. The second-order valence-electron chi connectivity index (χ2n) is 4.13. The topological polar surface area (TPSA) is 114 Å². The first kappa shape index (κ1) is 18.0. The summed E-state index contributed by atoms with van der Waals surface area (Å²) in [6.45, 7) is 0. The number of carbonyl (C=O) groups is 2. The van der Waals surface area contributed by atoms with Gasteiger partial charge in [-0.1, -0.05) is 24.3 Å². The third-order valence-corrected chi connectivity index (χ3v) is 4.59. The molecular formula is C14H8O6SZn. The summed E-state index contributed by atoms with van der Waals surface area (Å²) in [7, 11) is -3.85. The van der Waals surface area contributed by atoms with Crippen LogP contribution >= 0.6 is 0 Å². The van der Waals surface area contributed by atoms with Crippen molar-refractivity contribution in [3.63, 3.8) is 0 Å². The second-order valence-corrected chi connectivity index (χ2v) is 6.08. The molecule has 0 bridgehead atoms. The van der Waals surface area contributed by atoms with Gasteiger partial charge in [-0.05, 0) is 35.4 Å². The number of hydrogen-bond donors (Lipinski definition) is 0. The zero-order valence-electron chi connectivity index (χ0n) is 11.2. The Labute approximate surface area is 139 Å². The van der Waals surface area contributed by atoms with Crippen molar-refractivity contribution in [2.45, 2.75) is 9.79 Å². The predicted molar refractivity (Wildman–Crippen MR) is 67.0 cm³/mol. The number of sulfone groups is 1. The molecule has 0 spiro atoms. The van der Waals surface area contributed by atoms with Gasteiger partial charge in [0.25, 0.3) is 0 Å². The molecule has 0 saturated carbocycles. The summed E-state index contributed by atoms with van der Waals surface area (Å²) in [5.41, 5.74) is -0.275. The molecular weight excluding hydrogens is 362 g/mol. The minimum atomic E-state index is -3.85. The van der Waals surface area contributed by atoms with Crippen molar-refractivity contribution in [3.8, 4) is 0 Å². The Balaban J connectivity index is 0.00000242. The molecule has 0 aliphatic heterocycles. The maximum absolute atomic E-state index is 12.3. The van der Waals surface area contributed by atoms with Gasteiger partial charge in [-0.15, -0.1) is 0 Å². The fourth-order valence-corrected chi connectivity index (χ4v) is 2.94. The van der Waals surface area contributed by atoms with Crippen molar-refractivity contribution in [1.29, 1.82) is 0 Å². The van der Waals surface area contributed by atoms with E-state index in [9.17, 15) is 28.2 Å². The van der Waals surface area contributed by atoms with E-state index < -0.39 is 21.8 Å². The molecule has 0 heterocycles. The molecule has 0 N–H and O–H groups in total. The summed E-state index contributed by atoms with van der Waals surface area (Å²) in [6.07, 6.45) is 0. The van der Waals surface area contributed by atoms with E-state index in [4.69, 9.17) is 0 Å². The van der Waals surface area contributed by atoms with Crippen LogP contribution in [0.5, 0.6) is 0 Å². The molecule has 0 fully saturated rings. The van der Waals surface area contributed by atoms with Crippen LogP contribution in [0.2, 0.25) is 0 Å². The van der Waals surface area contributed by atoms with Crippen molar-refractivity contribution in [2.24, 2.45) is 0 Å². The molecule has 8 heteroatoms. The van der Waals surface area contributed by atoms with Crippen molar-refractivity contribution >= 4 is 21.8 Å². The number of carbonyl (C=O) groups excluding carboxylic acids is 2. The van der Waals surface area contributed by atoms with Crippen molar-refractivity contribution in [2.75, 3.05) is 0 Å². The Morgan fingerprint density at radius 2 is 0.955 bits per heavy atom. The SMILES string of the molecule is O=C([O-])c1ccc(S(=O)(=O)c2ccc(C(=O)[O-])cc2)cc1.[Zn+2]. The van der Waals surface area contributed by atoms with E-state index in [1.54, 1.807) is 0 Å². The molecule has 0 atom stereocenters. The summed E-state index contributed by atoms with van der Waals surface area (Å²) in [5, 5.41) is 21.2. The van der Waals surface area contributed by atoms with E-state index >= 15 is 0 Å². The zero-order chi connectivity index (χ0) is 15.6. The van der Waals surface area contributed by atoms with Gasteiger partial charge in [0.1, 0.15) is 0 Å². The number of aromatic carboxylic acids is 2. The van der Waals surface area contributed by atoms with Crippen molar-refractivity contribution in [1.82, 2.24) is 0 Å². The first-order valence-corrected chi connectivity index (χ1v) is 7.18. The van der Waals surface area contributed by atoms with Crippen LogP contribution in [0, 0.1) is 0 Å². The number of rotatable bonds is 4. The Bertz CT molecular complexity index is 731. The first-order chi connectivity index (χ1) is 9.82. The average Bonchev–Trinajstić information content (AvgIpc) is 2.47. The van der Waals surface area contributed by atoms with Crippen LogP contribution in [-0.2, 0) is 29.3 Å². The second kappa shape index (κ2) is 6.81. The Morgan fingerprint density at radius 3 is 1.18 bits per heavy atom. The Hall–Kier alpha value is -2.05. The maximum Gasteiger partial charge on any atom is 2.00 e. The smallest absolute Gasteiger partial charge is 0.545 e. The van der Waals surface area contributed by atoms with Crippen LogP contribution in [0.25, 0.3) is 0 Å². The quantitative estimate of drug-likeness (QED) is 0.655. The first-order valence-electron chi connectivity index (χ1n) is 5.70. The van der Waals surface area contributed by atoms with Gasteiger partial charge in [0.15, 0.2) is 0 Å². The Kier molecular flexibility index (Phi) is 5.57. The molecule has 6 nitrogen and oxygen atoms in total. The molecule has 2 aromatic rings. The Morgan fingerprint density at radius 1 is 0.682 bits per heavy atom. The van der Waals surface area contributed by atoms with E-state index in [0.717, 1.165) is 48.5 Å². The summed E-state index contributed by atoms with van der Waals surface area (Å²) in [4.78, 5) is 21.0. The fraction of sp³-hybridized carbons (Fsp3) is 0. The van der Waals surface area contributed by atoms with Crippen molar-refractivity contribution < 1.29 is 47.7 Å². The fourth-order valence-electron chi connectivity index (χ4n) is 1.68. The van der Waals surface area contributed by atoms with Crippen LogP contribution in [0.4, 0.5) is 0 Å². The molecule has 2 rings (SSSR count). The van der Waals surface area contributed by atoms with E-state index in [-0.39, 0.29) is 40.4 Å². The minimum Gasteiger partial charge on any atom is -0.545 e. The van der Waals surface area contributed by atoms with Crippen LogP contribution in [0.1, 0.15) is 20.7 Å². The molecule has 0 radical (unpaired) electrons. The van der Waals surface area contributed by atoms with Crippen LogP contribution in [0.3, 0.4) is 0 Å². The van der Waals surface area contributed by atoms with Crippen molar-refractivity contribution in [3.05, 3.63) is 59.7 Å². The van der Waals surface area contributed by atoms with Crippen LogP contribution in [-0.4, -0.2) is 20.4 Å². The molecule has 0 aliphatic rings. The summed E-state index contributed by atoms with van der Waals surface area (Å²) in [6, 6.07) is 9.07. The standard InChI is InChI=1S/C14H10O6S.Zn/c15-13(16)9-1-5-11(6-2-9)21(19,20)12-7-3-10(4-8-12)14(17)18;/h1-8H,(H,15,16)(H,17,18);/q;+2/p-2. The molecule has 2 aromatic carbocycles. The van der Waals surface area contributed by atoms with E-state index in [0.29, 0.717) is 0 Å². The van der Waals surface area contributed by atoms with Gasteiger partial charge in [0.05, 0.1) is 21.7 Å². The van der Waals surface area contributed by atoms with Gasteiger partial charge in [-0.3, -0.25) is 0 Å². The van der Waals surface area contributed by atoms with E-state index in [2.05, 4.69) is 0 Å². The minimum absolute atomic E-state index is 0. The summed E-state index contributed by atoms with van der Waals surface area (Å²) < 4.78 is 24.5. The summed E-state index contributed by atoms with van der Waals surface area (Å²) in [5.74, 6) is -2.81. The number of carboxylic acid groups (broad SMARTS) is 2. The van der Waals surface area contributed by atoms with Crippen LogP contribution < -0.4 is 10.2 Å². The normalized spacial score (nSPS) is 10.5. The largest absolute Gasteiger partial charge is 2.00 e. The molecule has 0 amide bonds. The van der Waals surface area contributed by atoms with E-state index in [1.807, 2.05) is 0 Å². The predicted octanol–water partition coefficient (Wildman–Crippen LogP) is -0.756. The number of hydrogen-bond acceptors (Lipinski definition) is 6. The molecule has 0 saturated heterocycles. The van der Waals surface area contributed by atoms with Gasteiger partial charge in [0, 0.05) is 0 Å². The monoisotopic (exact) mass is 368 g/mol. The van der Waals surface area contributed by atoms with E-state index in [1.165, 1.54) is 0 Å². The molecule has 0 aliphatic carbocycles. The maximum atomic E-state index is 12.3. The van der Waals surface area contributed by atoms with Gasteiger partial charge >= 0.3 is 19.5 Å². The van der Waals surface area contributed by atoms with Gasteiger partial charge < -0.3 is 19.8 Å². The van der Waals surface area contributed by atoms with Gasteiger partial charge in [-0.2, -0.15) is 0 Å². The number of carboxylic acids is 2. The van der Waals surface area contributed by atoms with Gasteiger partial charge in [-0.25, -0.2) is 8.42 Å². The van der Waals surface area contributed by atoms with Crippen LogP contribution in [0.15, 0.2) is 58.3 Å². The third kappa shape index (κ3) is 3.58. The van der Waals surface area contributed by atoms with Gasteiger partial charge in [0.2, 0.25) is 9.84 Å².